The fourth-order valence-electron chi connectivity index (χ4n) is 4.35. The zero-order chi connectivity index (χ0) is 26.1. The number of aromatic nitrogens is 3. The van der Waals surface area contributed by atoms with E-state index >= 15 is 0 Å². The molecule has 1 fully saturated rings. The van der Waals surface area contributed by atoms with Gasteiger partial charge in [-0.3, -0.25) is 5.41 Å². The predicted octanol–water partition coefficient (Wildman–Crippen LogP) is 3.86. The maximum atomic E-state index is 12.9. The molecule has 0 spiro atoms. The van der Waals surface area contributed by atoms with Crippen molar-refractivity contribution in [2.45, 2.75) is 51.9 Å². The van der Waals surface area contributed by atoms with E-state index < -0.39 is 24.8 Å². The number of rotatable bonds is 6. The number of nitrogens with zero attached hydrogens (tertiary/aromatic N) is 6. The van der Waals surface area contributed by atoms with Crippen LogP contribution in [0.15, 0.2) is 24.5 Å². The minimum Gasteiger partial charge on any atom is -0.457 e. The van der Waals surface area contributed by atoms with E-state index in [4.69, 9.17) is 14.9 Å². The third-order valence-electron chi connectivity index (χ3n) is 6.31. The quantitative estimate of drug-likeness (QED) is 0.466. The zero-order valence-corrected chi connectivity index (χ0v) is 21.0. The van der Waals surface area contributed by atoms with Gasteiger partial charge in [0.2, 0.25) is 0 Å². The van der Waals surface area contributed by atoms with Crippen LogP contribution in [0.2, 0.25) is 0 Å². The van der Waals surface area contributed by atoms with E-state index in [1.807, 2.05) is 18.3 Å². The number of hydrogen-bond donors (Lipinski definition) is 1. The third-order valence-corrected chi connectivity index (χ3v) is 6.31. The van der Waals surface area contributed by atoms with Crippen LogP contribution in [0.3, 0.4) is 0 Å². The normalized spacial score (nSPS) is 17.3. The number of ether oxygens (including phenoxy) is 2. The van der Waals surface area contributed by atoms with Crippen molar-refractivity contribution < 1.29 is 22.6 Å². The maximum absolute atomic E-state index is 12.9. The van der Waals surface area contributed by atoms with Crippen LogP contribution in [0.5, 0.6) is 0 Å². The molecule has 0 aliphatic carbocycles. The van der Waals surface area contributed by atoms with Crippen LogP contribution in [-0.2, 0) is 21.5 Å². The van der Waals surface area contributed by atoms with E-state index in [1.165, 1.54) is 0 Å². The summed E-state index contributed by atoms with van der Waals surface area (Å²) in [6, 6.07) is 2.88. The van der Waals surface area contributed by atoms with Gasteiger partial charge in [0.25, 0.3) is 6.02 Å². The highest BCUT2D eigenvalue weighted by atomic mass is 19.4. The first kappa shape index (κ1) is 25.9. The average Bonchev–Trinajstić information content (AvgIpc) is 3.11. The molecule has 2 aliphatic heterocycles. The lowest BCUT2D eigenvalue weighted by Gasteiger charge is -2.29. The molecule has 0 atom stereocenters. The number of fused-ring (bicyclic) bond motifs is 1. The molecular weight excluding hydrogens is 475 g/mol. The number of hydrogen-bond acceptors (Lipinski definition) is 8. The van der Waals surface area contributed by atoms with Crippen LogP contribution in [0, 0.1) is 5.41 Å². The third kappa shape index (κ3) is 5.80. The van der Waals surface area contributed by atoms with Crippen LogP contribution >= 0.6 is 0 Å². The van der Waals surface area contributed by atoms with Gasteiger partial charge in [0.1, 0.15) is 18.2 Å². The number of halogens is 3. The van der Waals surface area contributed by atoms with Crippen LogP contribution in [0.25, 0.3) is 0 Å². The number of alkyl halides is 3. The molecule has 36 heavy (non-hydrogen) atoms. The van der Waals surface area contributed by atoms with Gasteiger partial charge in [0.15, 0.2) is 12.4 Å². The SMILES string of the molecule is CC(C)N(CC(F)(F)F)C(=N)OCc1ncc2c(n1)N(c1ccc(N3CCOCC3)nc1)CC2(C)C. The maximum Gasteiger partial charge on any atom is 0.406 e. The van der Waals surface area contributed by atoms with Crippen molar-refractivity contribution in [1.29, 1.82) is 5.41 Å². The van der Waals surface area contributed by atoms with Crippen LogP contribution in [0.4, 0.5) is 30.5 Å². The van der Waals surface area contributed by atoms with E-state index in [-0.39, 0.29) is 17.8 Å². The van der Waals surface area contributed by atoms with Crippen molar-refractivity contribution in [3.8, 4) is 0 Å². The molecule has 4 heterocycles. The molecule has 2 aromatic rings. The van der Waals surface area contributed by atoms with Crippen molar-refractivity contribution in [3.05, 3.63) is 35.9 Å². The second kappa shape index (κ2) is 10.1. The smallest absolute Gasteiger partial charge is 0.406 e. The zero-order valence-electron chi connectivity index (χ0n) is 21.0. The summed E-state index contributed by atoms with van der Waals surface area (Å²) in [5.74, 6) is 1.89. The minimum absolute atomic E-state index is 0.213. The Kier molecular flexibility index (Phi) is 7.26. The van der Waals surface area contributed by atoms with Gasteiger partial charge in [-0.25, -0.2) is 15.0 Å². The molecule has 2 aliphatic rings. The van der Waals surface area contributed by atoms with Gasteiger partial charge in [0, 0.05) is 42.9 Å². The second-order valence-corrected chi connectivity index (χ2v) is 9.90. The summed E-state index contributed by atoms with van der Waals surface area (Å²) in [4.78, 5) is 18.8. The Morgan fingerprint density at radius 3 is 2.53 bits per heavy atom. The van der Waals surface area contributed by atoms with Crippen molar-refractivity contribution in [2.75, 3.05) is 49.2 Å². The van der Waals surface area contributed by atoms with Gasteiger partial charge < -0.3 is 24.2 Å². The van der Waals surface area contributed by atoms with Gasteiger partial charge in [-0.15, -0.1) is 0 Å². The molecule has 0 amide bonds. The summed E-state index contributed by atoms with van der Waals surface area (Å²) in [5, 5.41) is 8.02. The van der Waals surface area contributed by atoms with Crippen molar-refractivity contribution >= 4 is 23.3 Å². The highest BCUT2D eigenvalue weighted by Gasteiger charge is 2.38. The summed E-state index contributed by atoms with van der Waals surface area (Å²) in [6.07, 6.45) is -0.890. The van der Waals surface area contributed by atoms with Crippen LogP contribution in [-0.4, -0.2) is 77.5 Å². The fraction of sp³-hybridized carbons (Fsp3) is 0.583. The number of pyridine rings is 1. The van der Waals surface area contributed by atoms with Crippen molar-refractivity contribution in [3.63, 3.8) is 0 Å². The van der Waals surface area contributed by atoms with E-state index in [1.54, 1.807) is 20.0 Å². The van der Waals surface area contributed by atoms with Gasteiger partial charge in [-0.2, -0.15) is 13.2 Å². The lowest BCUT2D eigenvalue weighted by molar-refractivity contribution is -0.142. The summed E-state index contributed by atoms with van der Waals surface area (Å²) in [7, 11) is 0. The molecule has 12 heteroatoms. The second-order valence-electron chi connectivity index (χ2n) is 9.90. The molecule has 2 aromatic heterocycles. The predicted molar refractivity (Wildman–Crippen MR) is 130 cm³/mol. The molecular formula is C24H32F3N7O2. The topological polar surface area (TPSA) is 90.7 Å². The molecule has 196 valence electrons. The molecule has 0 radical (unpaired) electrons. The molecule has 1 N–H and O–H groups in total. The Morgan fingerprint density at radius 2 is 1.92 bits per heavy atom. The lowest BCUT2D eigenvalue weighted by Crippen LogP contribution is -2.43. The van der Waals surface area contributed by atoms with Gasteiger partial charge in [0.05, 0.1) is 25.1 Å². The summed E-state index contributed by atoms with van der Waals surface area (Å²) in [5.41, 5.74) is 1.62. The fourth-order valence-corrected chi connectivity index (χ4v) is 4.35. The molecule has 0 unspecified atom stereocenters. The van der Waals surface area contributed by atoms with E-state index in [9.17, 15) is 13.2 Å². The molecule has 4 rings (SSSR count). The van der Waals surface area contributed by atoms with Crippen molar-refractivity contribution in [2.24, 2.45) is 0 Å². The summed E-state index contributed by atoms with van der Waals surface area (Å²) < 4.78 is 49.5. The number of amidine groups is 1. The first-order valence-corrected chi connectivity index (χ1v) is 11.9. The van der Waals surface area contributed by atoms with E-state index in [0.29, 0.717) is 25.6 Å². The highest BCUT2D eigenvalue weighted by molar-refractivity contribution is 5.71. The van der Waals surface area contributed by atoms with E-state index in [0.717, 1.165) is 35.1 Å². The Hall–Kier alpha value is -3.15. The average molecular weight is 508 g/mol. The molecule has 0 saturated carbocycles. The Morgan fingerprint density at radius 1 is 1.19 bits per heavy atom. The molecule has 0 bridgehead atoms. The standard InChI is InChI=1S/C24H32F3N7O2/c1-16(2)33(15-24(25,26)27)22(28)36-13-19-29-12-18-21(31-19)34(14-23(18,3)4)17-5-6-20(30-11-17)32-7-9-35-10-8-32/h5-6,11-12,16,28H,7-10,13-15H2,1-4H3. The van der Waals surface area contributed by atoms with Gasteiger partial charge in [-0.1, -0.05) is 13.8 Å². The van der Waals surface area contributed by atoms with Crippen LogP contribution < -0.4 is 9.80 Å². The van der Waals surface area contributed by atoms with E-state index in [2.05, 4.69) is 38.6 Å². The number of morpholine rings is 1. The van der Waals surface area contributed by atoms with Gasteiger partial charge in [-0.05, 0) is 26.0 Å². The highest BCUT2D eigenvalue weighted by Crippen LogP contribution is 2.42. The Balaban J connectivity index is 1.50. The Labute approximate surface area is 208 Å². The molecule has 0 aromatic carbocycles. The monoisotopic (exact) mass is 507 g/mol. The van der Waals surface area contributed by atoms with Gasteiger partial charge >= 0.3 is 6.18 Å². The van der Waals surface area contributed by atoms with Crippen LogP contribution in [0.1, 0.15) is 39.1 Å². The summed E-state index contributed by atoms with van der Waals surface area (Å²) in [6.45, 7) is 9.53. The molecule has 1 saturated heterocycles. The summed E-state index contributed by atoms with van der Waals surface area (Å²) >= 11 is 0. The lowest BCUT2D eigenvalue weighted by atomic mass is 9.89. The number of anilines is 3. The van der Waals surface area contributed by atoms with Crippen molar-refractivity contribution in [1.82, 2.24) is 19.9 Å². The Bertz CT molecular complexity index is 1070. The minimum atomic E-state index is -4.44. The first-order chi connectivity index (χ1) is 16.9. The molecule has 9 nitrogen and oxygen atoms in total. The first-order valence-electron chi connectivity index (χ1n) is 11.9. The largest absolute Gasteiger partial charge is 0.457 e. The number of nitrogens with one attached hydrogen (secondary N) is 1.